The van der Waals surface area contributed by atoms with Gasteiger partial charge in [-0.3, -0.25) is 0 Å². The molecule has 0 spiro atoms. The van der Waals surface area contributed by atoms with Crippen molar-refractivity contribution in [1.29, 1.82) is 0 Å². The van der Waals surface area contributed by atoms with Gasteiger partial charge in [-0.1, -0.05) is 12.2 Å². The smallest absolute Gasteiger partial charge is 0.104 e. The van der Waals surface area contributed by atoms with Crippen molar-refractivity contribution in [2.24, 2.45) is 5.73 Å². The molecule has 90 valence electrons. The molecule has 0 atom stereocenters. The van der Waals surface area contributed by atoms with Gasteiger partial charge in [-0.2, -0.15) is 11.8 Å². The maximum absolute atomic E-state index is 5.63. The molecule has 1 heterocycles. The van der Waals surface area contributed by atoms with Gasteiger partial charge in [-0.05, 0) is 42.7 Å². The van der Waals surface area contributed by atoms with E-state index in [1.54, 1.807) is 0 Å². The fraction of sp³-hybridized carbons (Fsp3) is 0.308. The average Bonchev–Trinajstić information content (AvgIpc) is 2.72. The summed E-state index contributed by atoms with van der Waals surface area (Å²) >= 11 is 6.87. The Kier molecular flexibility index (Phi) is 4.07. The topological polar surface area (TPSA) is 30.9 Å². The van der Waals surface area contributed by atoms with Gasteiger partial charge in [0.2, 0.25) is 0 Å². The summed E-state index contributed by atoms with van der Waals surface area (Å²) in [4.78, 5) is 0.460. The molecule has 0 saturated heterocycles. The Hall–Kier alpha value is -1.00. The van der Waals surface area contributed by atoms with E-state index >= 15 is 0 Å². The molecule has 2 nitrogen and oxygen atoms in total. The number of nitrogens with two attached hydrogens (primary N) is 1. The van der Waals surface area contributed by atoms with E-state index in [4.69, 9.17) is 18.0 Å². The zero-order valence-corrected chi connectivity index (χ0v) is 11.5. The van der Waals surface area contributed by atoms with Crippen LogP contribution in [0.3, 0.4) is 0 Å². The fourth-order valence-electron chi connectivity index (χ4n) is 1.93. The molecule has 1 aromatic carbocycles. The van der Waals surface area contributed by atoms with Crippen molar-refractivity contribution in [3.05, 3.63) is 36.0 Å². The second-order valence-electron chi connectivity index (χ2n) is 3.99. The zero-order valence-electron chi connectivity index (χ0n) is 9.85. The number of benzene rings is 1. The van der Waals surface area contributed by atoms with E-state index in [9.17, 15) is 0 Å². The van der Waals surface area contributed by atoms with Gasteiger partial charge in [0.05, 0.1) is 0 Å². The van der Waals surface area contributed by atoms with Gasteiger partial charge in [0.25, 0.3) is 0 Å². The summed E-state index contributed by atoms with van der Waals surface area (Å²) in [5.74, 6) is 1.20. The maximum Gasteiger partial charge on any atom is 0.104 e. The molecular formula is C13H16N2S2. The number of aryl methyl sites for hydroxylation is 1. The molecule has 17 heavy (non-hydrogen) atoms. The Balaban J connectivity index is 2.25. The van der Waals surface area contributed by atoms with Crippen molar-refractivity contribution < 1.29 is 0 Å². The summed E-state index contributed by atoms with van der Waals surface area (Å²) in [7, 11) is 0. The molecule has 0 amide bonds. The lowest BCUT2D eigenvalue weighted by Gasteiger charge is -2.05. The Labute approximate surface area is 111 Å². The first kappa shape index (κ1) is 12.5. The monoisotopic (exact) mass is 264 g/mol. The molecule has 0 aliphatic carbocycles. The average molecular weight is 264 g/mol. The van der Waals surface area contributed by atoms with Crippen molar-refractivity contribution >= 4 is 39.9 Å². The van der Waals surface area contributed by atoms with E-state index in [0.717, 1.165) is 12.1 Å². The molecule has 4 heteroatoms. The van der Waals surface area contributed by atoms with E-state index < -0.39 is 0 Å². The van der Waals surface area contributed by atoms with Crippen molar-refractivity contribution in [2.45, 2.75) is 13.0 Å². The van der Waals surface area contributed by atoms with Crippen molar-refractivity contribution in [3.8, 4) is 0 Å². The third kappa shape index (κ3) is 2.82. The van der Waals surface area contributed by atoms with Gasteiger partial charge in [0.15, 0.2) is 0 Å². The Bertz CT molecular complexity index is 531. The van der Waals surface area contributed by atoms with Crippen molar-refractivity contribution in [2.75, 3.05) is 12.0 Å². The lowest BCUT2D eigenvalue weighted by Crippen LogP contribution is -2.08. The molecule has 0 radical (unpaired) electrons. The Morgan fingerprint density at radius 1 is 1.41 bits per heavy atom. The van der Waals surface area contributed by atoms with Crippen molar-refractivity contribution in [3.63, 3.8) is 0 Å². The number of nitrogens with zero attached hydrogens (tertiary/aromatic N) is 1. The first-order valence-corrected chi connectivity index (χ1v) is 7.40. The van der Waals surface area contributed by atoms with Crippen LogP contribution in [0.2, 0.25) is 0 Å². The summed E-state index contributed by atoms with van der Waals surface area (Å²) in [5, 5.41) is 1.21. The molecule has 2 rings (SSSR count). The number of thiocarbonyl (C=S) groups is 1. The summed E-state index contributed by atoms with van der Waals surface area (Å²) in [5.41, 5.74) is 7.83. The predicted molar refractivity (Wildman–Crippen MR) is 80.8 cm³/mol. The highest BCUT2D eigenvalue weighted by Gasteiger charge is 2.03. The lowest BCUT2D eigenvalue weighted by molar-refractivity contribution is 0.709. The summed E-state index contributed by atoms with van der Waals surface area (Å²) in [6.07, 6.45) is 5.47. The minimum atomic E-state index is 0.460. The third-order valence-electron chi connectivity index (χ3n) is 2.80. The number of aromatic nitrogens is 1. The standard InChI is InChI=1S/C13H16N2S2/c1-17-8-2-6-15-7-5-10-9-11(13(14)16)3-4-12(10)15/h3-5,7,9H,2,6,8H2,1H3,(H2,14,16). The molecule has 0 fully saturated rings. The van der Waals surface area contributed by atoms with Gasteiger partial charge in [0.1, 0.15) is 4.99 Å². The number of rotatable bonds is 5. The van der Waals surface area contributed by atoms with Gasteiger partial charge in [0, 0.05) is 29.2 Å². The van der Waals surface area contributed by atoms with Gasteiger partial charge >= 0.3 is 0 Å². The van der Waals surface area contributed by atoms with E-state index in [2.05, 4.69) is 35.2 Å². The predicted octanol–water partition coefficient (Wildman–Crippen LogP) is 3.03. The summed E-state index contributed by atoms with van der Waals surface area (Å²) < 4.78 is 2.29. The minimum absolute atomic E-state index is 0.460. The molecule has 2 N–H and O–H groups in total. The van der Waals surface area contributed by atoms with E-state index in [1.807, 2.05) is 17.8 Å². The first-order chi connectivity index (χ1) is 8.22. The minimum Gasteiger partial charge on any atom is -0.389 e. The van der Waals surface area contributed by atoms with Gasteiger partial charge in [-0.25, -0.2) is 0 Å². The Morgan fingerprint density at radius 2 is 2.24 bits per heavy atom. The van der Waals surface area contributed by atoms with E-state index in [1.165, 1.54) is 23.1 Å². The van der Waals surface area contributed by atoms with Crippen LogP contribution in [0, 0.1) is 0 Å². The van der Waals surface area contributed by atoms with Crippen LogP contribution in [-0.4, -0.2) is 21.6 Å². The molecular weight excluding hydrogens is 248 g/mol. The van der Waals surface area contributed by atoms with Gasteiger partial charge < -0.3 is 10.3 Å². The molecule has 1 aromatic heterocycles. The lowest BCUT2D eigenvalue weighted by atomic mass is 10.1. The van der Waals surface area contributed by atoms with Crippen LogP contribution in [0.1, 0.15) is 12.0 Å². The van der Waals surface area contributed by atoms with Crippen LogP contribution in [0.25, 0.3) is 10.9 Å². The maximum atomic E-state index is 5.63. The Morgan fingerprint density at radius 3 is 2.94 bits per heavy atom. The van der Waals surface area contributed by atoms with Gasteiger partial charge in [-0.15, -0.1) is 0 Å². The molecule has 0 aliphatic rings. The quantitative estimate of drug-likeness (QED) is 0.665. The number of hydrogen-bond acceptors (Lipinski definition) is 2. The van der Waals surface area contributed by atoms with Crippen LogP contribution in [0.4, 0.5) is 0 Å². The van der Waals surface area contributed by atoms with Crippen LogP contribution in [-0.2, 0) is 6.54 Å². The third-order valence-corrected chi connectivity index (χ3v) is 3.74. The highest BCUT2D eigenvalue weighted by atomic mass is 32.2. The van der Waals surface area contributed by atoms with Crippen molar-refractivity contribution in [1.82, 2.24) is 4.57 Å². The molecule has 0 aliphatic heterocycles. The molecule has 0 unspecified atom stereocenters. The summed E-state index contributed by atoms with van der Waals surface area (Å²) in [6, 6.07) is 8.28. The van der Waals surface area contributed by atoms with E-state index in [0.29, 0.717) is 4.99 Å². The normalized spacial score (nSPS) is 10.9. The zero-order chi connectivity index (χ0) is 12.3. The van der Waals surface area contributed by atoms with Crippen LogP contribution >= 0.6 is 24.0 Å². The van der Waals surface area contributed by atoms with Crippen LogP contribution in [0.5, 0.6) is 0 Å². The molecule has 0 bridgehead atoms. The van der Waals surface area contributed by atoms with Crippen LogP contribution in [0.15, 0.2) is 30.5 Å². The van der Waals surface area contributed by atoms with Crippen LogP contribution < -0.4 is 5.73 Å². The number of fused-ring (bicyclic) bond motifs is 1. The molecule has 2 aromatic rings. The number of thioether (sulfide) groups is 1. The summed E-state index contributed by atoms with van der Waals surface area (Å²) in [6.45, 7) is 1.07. The second kappa shape index (κ2) is 5.56. The SMILES string of the molecule is CSCCCn1ccc2cc(C(N)=S)ccc21. The van der Waals surface area contributed by atoms with E-state index in [-0.39, 0.29) is 0 Å². The number of hydrogen-bond donors (Lipinski definition) is 1. The second-order valence-corrected chi connectivity index (χ2v) is 5.42. The molecule has 0 saturated carbocycles. The highest BCUT2D eigenvalue weighted by molar-refractivity contribution is 7.98. The fourth-order valence-corrected chi connectivity index (χ4v) is 2.47. The first-order valence-electron chi connectivity index (χ1n) is 5.60. The highest BCUT2D eigenvalue weighted by Crippen LogP contribution is 2.18. The largest absolute Gasteiger partial charge is 0.389 e.